The number of rotatable bonds is 6. The second-order valence-electron chi connectivity index (χ2n) is 8.34. The lowest BCUT2D eigenvalue weighted by molar-refractivity contribution is 0.317. The van der Waals surface area contributed by atoms with Crippen molar-refractivity contribution in [3.63, 3.8) is 0 Å². The van der Waals surface area contributed by atoms with Crippen LogP contribution in [0.4, 0.5) is 11.4 Å². The Kier molecular flexibility index (Phi) is 7.35. The topological polar surface area (TPSA) is 34.0 Å². The third-order valence-corrected chi connectivity index (χ3v) is 5.92. The SMILES string of the molecule is CCCOc1ccc(N=Nc2ccc(C#Cc3ccc4c(c3)CCC(CC)C4)cc2)cc1. The maximum Gasteiger partial charge on any atom is 0.119 e. The van der Waals surface area contributed by atoms with Gasteiger partial charge in [0.15, 0.2) is 0 Å². The van der Waals surface area contributed by atoms with Crippen molar-refractivity contribution < 1.29 is 4.74 Å². The van der Waals surface area contributed by atoms with Crippen LogP contribution in [0.15, 0.2) is 77.0 Å². The number of benzene rings is 3. The van der Waals surface area contributed by atoms with E-state index >= 15 is 0 Å². The van der Waals surface area contributed by atoms with E-state index in [9.17, 15) is 0 Å². The van der Waals surface area contributed by atoms with Gasteiger partial charge in [-0.25, -0.2) is 0 Å². The van der Waals surface area contributed by atoms with Gasteiger partial charge in [0.1, 0.15) is 5.75 Å². The van der Waals surface area contributed by atoms with Gasteiger partial charge in [0.2, 0.25) is 0 Å². The van der Waals surface area contributed by atoms with Gasteiger partial charge in [-0.3, -0.25) is 0 Å². The highest BCUT2D eigenvalue weighted by molar-refractivity contribution is 5.49. The summed E-state index contributed by atoms with van der Waals surface area (Å²) < 4.78 is 5.59. The monoisotopic (exact) mass is 422 g/mol. The highest BCUT2D eigenvalue weighted by Gasteiger charge is 2.16. The number of ether oxygens (including phenoxy) is 1. The highest BCUT2D eigenvalue weighted by Crippen LogP contribution is 2.28. The molecule has 0 saturated carbocycles. The van der Waals surface area contributed by atoms with E-state index in [-0.39, 0.29) is 0 Å². The molecule has 1 aliphatic rings. The van der Waals surface area contributed by atoms with Crippen LogP contribution in [0.3, 0.4) is 0 Å². The average molecular weight is 423 g/mol. The first-order valence-electron chi connectivity index (χ1n) is 11.6. The summed E-state index contributed by atoms with van der Waals surface area (Å²) in [6, 6.07) is 22.3. The molecule has 0 aromatic heterocycles. The Bertz CT molecular complexity index is 1120. The van der Waals surface area contributed by atoms with E-state index in [4.69, 9.17) is 4.74 Å². The molecule has 3 heteroatoms. The van der Waals surface area contributed by atoms with Crippen molar-refractivity contribution in [2.75, 3.05) is 6.61 Å². The van der Waals surface area contributed by atoms with Gasteiger partial charge in [0.25, 0.3) is 0 Å². The van der Waals surface area contributed by atoms with Crippen LogP contribution in [-0.4, -0.2) is 6.61 Å². The Morgan fingerprint density at radius 2 is 1.47 bits per heavy atom. The largest absolute Gasteiger partial charge is 0.494 e. The van der Waals surface area contributed by atoms with Gasteiger partial charge < -0.3 is 4.74 Å². The van der Waals surface area contributed by atoms with Gasteiger partial charge in [-0.1, -0.05) is 38.2 Å². The summed E-state index contributed by atoms with van der Waals surface area (Å²) in [5, 5.41) is 8.63. The first kappa shape index (κ1) is 21.8. The molecule has 3 aromatic rings. The van der Waals surface area contributed by atoms with Gasteiger partial charge in [0.05, 0.1) is 18.0 Å². The van der Waals surface area contributed by atoms with Gasteiger partial charge >= 0.3 is 0 Å². The van der Waals surface area contributed by atoms with Crippen LogP contribution in [0.5, 0.6) is 5.75 Å². The van der Waals surface area contributed by atoms with Crippen LogP contribution in [0.25, 0.3) is 0 Å². The Morgan fingerprint density at radius 1 is 0.812 bits per heavy atom. The van der Waals surface area contributed by atoms with E-state index in [1.165, 1.54) is 36.8 Å². The summed E-state index contributed by atoms with van der Waals surface area (Å²) in [6.45, 7) is 5.11. The molecule has 1 atom stereocenters. The summed E-state index contributed by atoms with van der Waals surface area (Å²) in [4.78, 5) is 0. The normalized spacial score (nSPS) is 15.1. The minimum absolute atomic E-state index is 0.724. The van der Waals surface area contributed by atoms with Crippen molar-refractivity contribution in [1.29, 1.82) is 0 Å². The standard InChI is InChI=1S/C29H30N2O/c1-3-19-32-29-17-15-28(16-18-29)31-30-27-13-9-23(10-14-27)5-6-24-8-12-25-20-22(4-2)7-11-26(25)21-24/h8-10,12-18,21-22H,3-4,7,11,19-20H2,1-2H3. The number of azo groups is 1. The first-order valence-corrected chi connectivity index (χ1v) is 11.6. The van der Waals surface area contributed by atoms with E-state index in [0.29, 0.717) is 0 Å². The second-order valence-corrected chi connectivity index (χ2v) is 8.34. The Balaban J connectivity index is 1.37. The van der Waals surface area contributed by atoms with Crippen molar-refractivity contribution in [2.45, 2.75) is 46.0 Å². The van der Waals surface area contributed by atoms with E-state index in [0.717, 1.165) is 47.2 Å². The van der Waals surface area contributed by atoms with E-state index in [1.54, 1.807) is 0 Å². The molecule has 1 unspecified atom stereocenters. The molecule has 1 aliphatic carbocycles. The van der Waals surface area contributed by atoms with Gasteiger partial charge in [-0.15, -0.1) is 0 Å². The summed E-state index contributed by atoms with van der Waals surface area (Å²) in [5.74, 6) is 8.29. The van der Waals surface area contributed by atoms with Crippen LogP contribution >= 0.6 is 0 Å². The molecule has 0 N–H and O–H groups in total. The molecule has 0 radical (unpaired) electrons. The number of nitrogens with zero attached hydrogens (tertiary/aromatic N) is 2. The van der Waals surface area contributed by atoms with E-state index < -0.39 is 0 Å². The molecule has 3 nitrogen and oxygen atoms in total. The fourth-order valence-electron chi connectivity index (χ4n) is 3.96. The fraction of sp³-hybridized carbons (Fsp3) is 0.310. The number of aryl methyl sites for hydroxylation is 1. The lowest BCUT2D eigenvalue weighted by atomic mass is 9.82. The summed E-state index contributed by atoms with van der Waals surface area (Å²) in [6.07, 6.45) is 5.96. The molecule has 0 aliphatic heterocycles. The van der Waals surface area contributed by atoms with Crippen molar-refractivity contribution in [3.05, 3.63) is 89.0 Å². The van der Waals surface area contributed by atoms with Crippen LogP contribution in [-0.2, 0) is 12.8 Å². The molecular weight excluding hydrogens is 392 g/mol. The molecule has 0 saturated heterocycles. The zero-order valence-electron chi connectivity index (χ0n) is 19.0. The van der Waals surface area contributed by atoms with Crippen LogP contribution < -0.4 is 4.74 Å². The molecule has 32 heavy (non-hydrogen) atoms. The zero-order valence-corrected chi connectivity index (χ0v) is 19.0. The predicted octanol–water partition coefficient (Wildman–Crippen LogP) is 7.81. The van der Waals surface area contributed by atoms with Gasteiger partial charge in [-0.2, -0.15) is 10.2 Å². The van der Waals surface area contributed by atoms with Crippen LogP contribution in [0, 0.1) is 17.8 Å². The summed E-state index contributed by atoms with van der Waals surface area (Å²) in [7, 11) is 0. The lowest BCUT2D eigenvalue weighted by Gasteiger charge is -2.23. The van der Waals surface area contributed by atoms with Crippen molar-refractivity contribution in [3.8, 4) is 17.6 Å². The maximum absolute atomic E-state index is 5.59. The molecule has 0 fully saturated rings. The van der Waals surface area contributed by atoms with Crippen LogP contribution in [0.1, 0.15) is 55.4 Å². The third kappa shape index (κ3) is 5.86. The Hall–Kier alpha value is -3.38. The minimum atomic E-state index is 0.724. The molecule has 0 bridgehead atoms. The van der Waals surface area contributed by atoms with Crippen molar-refractivity contribution in [1.82, 2.24) is 0 Å². The molecule has 0 spiro atoms. The van der Waals surface area contributed by atoms with Gasteiger partial charge in [-0.05, 0) is 103 Å². The minimum Gasteiger partial charge on any atom is -0.494 e. The molecule has 0 heterocycles. The molecule has 162 valence electrons. The Labute approximate surface area is 191 Å². The number of hydrogen-bond donors (Lipinski definition) is 0. The molecule has 3 aromatic carbocycles. The van der Waals surface area contributed by atoms with Crippen LogP contribution in [0.2, 0.25) is 0 Å². The first-order chi connectivity index (χ1) is 15.7. The smallest absolute Gasteiger partial charge is 0.119 e. The Morgan fingerprint density at radius 3 is 2.16 bits per heavy atom. The summed E-state index contributed by atoms with van der Waals surface area (Å²) >= 11 is 0. The van der Waals surface area contributed by atoms with E-state index in [1.807, 2.05) is 48.5 Å². The number of hydrogen-bond acceptors (Lipinski definition) is 3. The molecule has 0 amide bonds. The maximum atomic E-state index is 5.59. The van der Waals surface area contributed by atoms with Gasteiger partial charge in [0, 0.05) is 11.1 Å². The fourth-order valence-corrected chi connectivity index (χ4v) is 3.96. The average Bonchev–Trinajstić information content (AvgIpc) is 2.85. The zero-order chi connectivity index (χ0) is 22.2. The highest BCUT2D eigenvalue weighted by atomic mass is 16.5. The van der Waals surface area contributed by atoms with Crippen molar-refractivity contribution >= 4 is 11.4 Å². The quantitative estimate of drug-likeness (QED) is 0.295. The summed E-state index contributed by atoms with van der Waals surface area (Å²) in [5.41, 5.74) is 6.66. The third-order valence-electron chi connectivity index (χ3n) is 5.92. The second kappa shape index (κ2) is 10.8. The van der Waals surface area contributed by atoms with Crippen molar-refractivity contribution in [2.24, 2.45) is 16.1 Å². The number of fused-ring (bicyclic) bond motifs is 1. The lowest BCUT2D eigenvalue weighted by Crippen LogP contribution is -2.13. The van der Waals surface area contributed by atoms with E-state index in [2.05, 4.69) is 54.1 Å². The molecule has 4 rings (SSSR count). The molecular formula is C29H30N2O. The predicted molar refractivity (Wildman–Crippen MR) is 131 cm³/mol.